The molecule has 1 aromatic heterocycles. The van der Waals surface area contributed by atoms with Gasteiger partial charge in [-0.3, -0.25) is 4.90 Å². The van der Waals surface area contributed by atoms with Crippen LogP contribution in [0.5, 0.6) is 0 Å². The Balaban J connectivity index is 1.44. The number of thiophene rings is 1. The molecule has 1 aromatic rings. The number of hydrogen-bond acceptors (Lipinski definition) is 6. The Morgan fingerprint density at radius 1 is 1.32 bits per heavy atom. The third kappa shape index (κ3) is 4.07. The standard InChI is InChI=1S/C16H25N3O2S/c1-18-6-8-19(9-7-18)11-13(20)12-21-17-15-3-2-4-16-14(15)5-10-22-16/h5,10,13,20H,2-4,6-9,11-12H2,1H3. The van der Waals surface area contributed by atoms with E-state index in [1.165, 1.54) is 10.4 Å². The molecule has 0 amide bonds. The van der Waals surface area contributed by atoms with Crippen LogP contribution in [0.1, 0.15) is 23.3 Å². The van der Waals surface area contributed by atoms with Crippen LogP contribution in [0.25, 0.3) is 0 Å². The van der Waals surface area contributed by atoms with Crippen molar-refractivity contribution in [3.8, 4) is 0 Å². The third-order valence-corrected chi connectivity index (χ3v) is 5.36. The normalized spacial score (nSPS) is 23.5. The van der Waals surface area contributed by atoms with Crippen molar-refractivity contribution >= 4 is 17.0 Å². The Bertz CT molecular complexity index is 509. The number of aryl methyl sites for hydroxylation is 1. The molecule has 0 bridgehead atoms. The van der Waals surface area contributed by atoms with Gasteiger partial charge in [0.25, 0.3) is 0 Å². The highest BCUT2D eigenvalue weighted by molar-refractivity contribution is 7.10. The van der Waals surface area contributed by atoms with Crippen LogP contribution in [0.15, 0.2) is 16.6 Å². The highest BCUT2D eigenvalue weighted by Gasteiger charge is 2.19. The maximum absolute atomic E-state index is 10.1. The Morgan fingerprint density at radius 2 is 2.14 bits per heavy atom. The lowest BCUT2D eigenvalue weighted by atomic mass is 9.97. The molecule has 1 aliphatic heterocycles. The van der Waals surface area contributed by atoms with Gasteiger partial charge in [0, 0.05) is 43.2 Å². The van der Waals surface area contributed by atoms with Gasteiger partial charge in [-0.1, -0.05) is 5.16 Å². The van der Waals surface area contributed by atoms with E-state index >= 15 is 0 Å². The van der Waals surface area contributed by atoms with E-state index in [1.54, 1.807) is 11.3 Å². The van der Waals surface area contributed by atoms with Gasteiger partial charge in [-0.05, 0) is 37.8 Å². The van der Waals surface area contributed by atoms with E-state index < -0.39 is 6.10 Å². The molecule has 5 nitrogen and oxygen atoms in total. The van der Waals surface area contributed by atoms with Crippen molar-refractivity contribution in [3.63, 3.8) is 0 Å². The average Bonchev–Trinajstić information content (AvgIpc) is 2.99. The van der Waals surface area contributed by atoms with Crippen LogP contribution < -0.4 is 0 Å². The van der Waals surface area contributed by atoms with E-state index in [4.69, 9.17) is 4.84 Å². The van der Waals surface area contributed by atoms with Gasteiger partial charge in [0.2, 0.25) is 0 Å². The molecule has 3 rings (SSSR count). The maximum Gasteiger partial charge on any atom is 0.144 e. The zero-order valence-electron chi connectivity index (χ0n) is 13.2. The first-order valence-electron chi connectivity index (χ1n) is 8.07. The molecule has 0 spiro atoms. The third-order valence-electron chi connectivity index (χ3n) is 4.38. The Hall–Kier alpha value is -0.950. The van der Waals surface area contributed by atoms with Crippen LogP contribution in [0, 0.1) is 0 Å². The summed E-state index contributed by atoms with van der Waals surface area (Å²) in [4.78, 5) is 11.4. The van der Waals surface area contributed by atoms with E-state index in [-0.39, 0.29) is 6.61 Å². The Kier molecular flexibility index (Phi) is 5.46. The van der Waals surface area contributed by atoms with Crippen LogP contribution in [0.2, 0.25) is 0 Å². The number of oxime groups is 1. The van der Waals surface area contributed by atoms with Crippen molar-refractivity contribution in [2.75, 3.05) is 46.4 Å². The molecule has 1 N–H and O–H groups in total. The van der Waals surface area contributed by atoms with Gasteiger partial charge < -0.3 is 14.8 Å². The second-order valence-electron chi connectivity index (χ2n) is 6.20. The monoisotopic (exact) mass is 323 g/mol. The number of aliphatic hydroxyl groups is 1. The molecule has 122 valence electrons. The van der Waals surface area contributed by atoms with Gasteiger partial charge in [-0.2, -0.15) is 0 Å². The van der Waals surface area contributed by atoms with Crippen molar-refractivity contribution in [1.82, 2.24) is 9.80 Å². The first kappa shape index (κ1) is 15.9. The number of nitrogens with zero attached hydrogens (tertiary/aromatic N) is 3. The molecule has 6 heteroatoms. The molecule has 0 aromatic carbocycles. The van der Waals surface area contributed by atoms with Crippen molar-refractivity contribution in [2.45, 2.75) is 25.4 Å². The summed E-state index contributed by atoms with van der Waals surface area (Å²) in [6, 6.07) is 2.13. The Labute approximate surface area is 136 Å². The van der Waals surface area contributed by atoms with E-state index in [1.807, 2.05) is 0 Å². The average molecular weight is 323 g/mol. The minimum Gasteiger partial charge on any atom is -0.393 e. The number of fused-ring (bicyclic) bond motifs is 1. The number of rotatable bonds is 5. The van der Waals surface area contributed by atoms with Gasteiger partial charge in [0.15, 0.2) is 0 Å². The van der Waals surface area contributed by atoms with E-state index in [2.05, 4.69) is 33.4 Å². The molecule has 1 atom stereocenters. The summed E-state index contributed by atoms with van der Waals surface area (Å²) in [5, 5.41) is 16.5. The van der Waals surface area contributed by atoms with Crippen LogP contribution >= 0.6 is 11.3 Å². The molecular formula is C16H25N3O2S. The SMILES string of the molecule is CN1CCN(CC(O)CON=C2CCCc3sccc32)CC1. The number of β-amino-alcohol motifs (C(OH)–C–C–N with tert-alkyl or cyclic N) is 1. The highest BCUT2D eigenvalue weighted by atomic mass is 32.1. The number of likely N-dealkylation sites (N-methyl/N-ethyl adjacent to an activating group) is 1. The summed E-state index contributed by atoms with van der Waals surface area (Å²) in [5.74, 6) is 0. The summed E-state index contributed by atoms with van der Waals surface area (Å²) in [6.45, 7) is 5.10. The molecular weight excluding hydrogens is 298 g/mol. The quantitative estimate of drug-likeness (QED) is 0.833. The molecule has 2 aliphatic rings. The first-order valence-corrected chi connectivity index (χ1v) is 8.95. The lowest BCUT2D eigenvalue weighted by molar-refractivity contribution is 0.0107. The molecule has 0 radical (unpaired) electrons. The molecule has 2 heterocycles. The molecule has 0 saturated carbocycles. The van der Waals surface area contributed by atoms with Gasteiger partial charge in [0.05, 0.1) is 5.71 Å². The zero-order valence-corrected chi connectivity index (χ0v) is 14.0. The maximum atomic E-state index is 10.1. The zero-order chi connectivity index (χ0) is 15.4. The first-order chi connectivity index (χ1) is 10.7. The molecule has 1 aliphatic carbocycles. The highest BCUT2D eigenvalue weighted by Crippen LogP contribution is 2.26. The van der Waals surface area contributed by atoms with Gasteiger partial charge in [-0.15, -0.1) is 11.3 Å². The lowest BCUT2D eigenvalue weighted by Crippen LogP contribution is -2.47. The van der Waals surface area contributed by atoms with Crippen LogP contribution in [0.3, 0.4) is 0 Å². The van der Waals surface area contributed by atoms with Crippen molar-refractivity contribution in [2.24, 2.45) is 5.16 Å². The van der Waals surface area contributed by atoms with Crippen LogP contribution in [0.4, 0.5) is 0 Å². The van der Waals surface area contributed by atoms with E-state index in [0.29, 0.717) is 6.54 Å². The van der Waals surface area contributed by atoms with Gasteiger partial charge in [-0.25, -0.2) is 0 Å². The number of aliphatic hydroxyl groups excluding tert-OH is 1. The van der Waals surface area contributed by atoms with Crippen LogP contribution in [-0.2, 0) is 11.3 Å². The lowest BCUT2D eigenvalue weighted by Gasteiger charge is -2.33. The fourth-order valence-corrected chi connectivity index (χ4v) is 3.96. The van der Waals surface area contributed by atoms with Crippen molar-refractivity contribution in [3.05, 3.63) is 21.9 Å². The second-order valence-corrected chi connectivity index (χ2v) is 7.20. The Morgan fingerprint density at radius 3 is 2.95 bits per heavy atom. The second kappa shape index (κ2) is 7.55. The summed E-state index contributed by atoms with van der Waals surface area (Å²) in [6.07, 6.45) is 2.79. The number of piperazine rings is 1. The van der Waals surface area contributed by atoms with E-state index in [0.717, 1.165) is 51.2 Å². The minimum atomic E-state index is -0.474. The summed E-state index contributed by atoms with van der Waals surface area (Å²) < 4.78 is 0. The van der Waals surface area contributed by atoms with E-state index in [9.17, 15) is 5.11 Å². The van der Waals surface area contributed by atoms with Gasteiger partial charge >= 0.3 is 0 Å². The fraction of sp³-hybridized carbons (Fsp3) is 0.688. The largest absolute Gasteiger partial charge is 0.393 e. The molecule has 22 heavy (non-hydrogen) atoms. The number of hydrogen-bond donors (Lipinski definition) is 1. The summed E-state index contributed by atoms with van der Waals surface area (Å²) in [5.41, 5.74) is 2.28. The smallest absolute Gasteiger partial charge is 0.144 e. The molecule has 1 saturated heterocycles. The summed E-state index contributed by atoms with van der Waals surface area (Å²) >= 11 is 1.80. The predicted molar refractivity (Wildman–Crippen MR) is 89.7 cm³/mol. The van der Waals surface area contributed by atoms with Crippen LogP contribution in [-0.4, -0.2) is 73.1 Å². The molecule has 1 fully saturated rings. The molecule has 1 unspecified atom stereocenters. The fourth-order valence-electron chi connectivity index (χ4n) is 3.02. The summed E-state index contributed by atoms with van der Waals surface area (Å²) in [7, 11) is 2.13. The van der Waals surface area contributed by atoms with Crippen molar-refractivity contribution < 1.29 is 9.94 Å². The minimum absolute atomic E-state index is 0.273. The van der Waals surface area contributed by atoms with Crippen molar-refractivity contribution in [1.29, 1.82) is 0 Å². The predicted octanol–water partition coefficient (Wildman–Crippen LogP) is 1.41. The topological polar surface area (TPSA) is 48.3 Å². The van der Waals surface area contributed by atoms with Gasteiger partial charge in [0.1, 0.15) is 12.7 Å².